The van der Waals surface area contributed by atoms with E-state index in [9.17, 15) is 14.4 Å². The molecule has 1 saturated carbocycles. The van der Waals surface area contributed by atoms with Crippen molar-refractivity contribution in [1.29, 1.82) is 0 Å². The van der Waals surface area contributed by atoms with Crippen LogP contribution in [0.1, 0.15) is 30.4 Å². The highest BCUT2D eigenvalue weighted by molar-refractivity contribution is 6.15. The predicted molar refractivity (Wildman–Crippen MR) is 163 cm³/mol. The first kappa shape index (κ1) is 28.1. The summed E-state index contributed by atoms with van der Waals surface area (Å²) in [7, 11) is 0. The molecule has 3 aromatic carbocycles. The molecule has 0 saturated heterocycles. The van der Waals surface area contributed by atoms with Crippen LogP contribution in [0.3, 0.4) is 0 Å². The molecule has 0 aromatic heterocycles. The summed E-state index contributed by atoms with van der Waals surface area (Å²) in [4.78, 5) is 40.7. The van der Waals surface area contributed by atoms with E-state index in [1.807, 2.05) is 12.1 Å². The number of rotatable bonds is 6. The Morgan fingerprint density at radius 1 is 0.930 bits per heavy atom. The summed E-state index contributed by atoms with van der Waals surface area (Å²) < 4.78 is 31.4. The van der Waals surface area contributed by atoms with Crippen molar-refractivity contribution in [2.75, 3.05) is 16.8 Å². The number of allylic oxidation sites excluding steroid dienone is 1. The second kappa shape index (κ2) is 11.7. The van der Waals surface area contributed by atoms with Crippen molar-refractivity contribution in [2.24, 2.45) is 0 Å². The van der Waals surface area contributed by atoms with Gasteiger partial charge < -0.3 is 15.5 Å². The van der Waals surface area contributed by atoms with Gasteiger partial charge in [-0.15, -0.1) is 0 Å². The number of hydrogen-bond acceptors (Lipinski definition) is 4. The van der Waals surface area contributed by atoms with Crippen LogP contribution >= 0.6 is 0 Å². The number of alkyl halides is 2. The third-order valence-corrected chi connectivity index (χ3v) is 7.83. The van der Waals surface area contributed by atoms with Crippen LogP contribution in [-0.2, 0) is 14.4 Å². The van der Waals surface area contributed by atoms with Gasteiger partial charge >= 0.3 is 0 Å². The van der Waals surface area contributed by atoms with Gasteiger partial charge in [-0.3, -0.25) is 9.59 Å². The Labute approximate surface area is 248 Å². The molecular formula is C35H29F2N3O3. The number of hydrogen-bond donors (Lipinski definition) is 2. The third kappa shape index (κ3) is 5.83. The number of para-hydroxylation sites is 2. The average Bonchev–Trinajstić information content (AvgIpc) is 3.85. The molecule has 0 radical (unpaired) electrons. The zero-order valence-corrected chi connectivity index (χ0v) is 23.2. The summed E-state index contributed by atoms with van der Waals surface area (Å²) >= 11 is 0. The fraction of sp³-hybridized carbons (Fsp3) is 0.200. The number of nitrogens with one attached hydrogen (secondary N) is 2. The minimum absolute atomic E-state index is 0.0274. The van der Waals surface area contributed by atoms with Gasteiger partial charge in [0, 0.05) is 58.7 Å². The quantitative estimate of drug-likeness (QED) is 0.279. The highest BCUT2D eigenvalue weighted by atomic mass is 19.3. The number of carbonyl (C=O) groups is 2. The van der Waals surface area contributed by atoms with Gasteiger partial charge in [0.15, 0.2) is 0 Å². The van der Waals surface area contributed by atoms with Crippen molar-refractivity contribution in [1.82, 2.24) is 5.32 Å². The summed E-state index contributed by atoms with van der Waals surface area (Å²) in [5.41, 5.74) is 2.32. The van der Waals surface area contributed by atoms with Gasteiger partial charge in [0.25, 0.3) is 11.8 Å². The third-order valence-electron chi connectivity index (χ3n) is 7.83. The van der Waals surface area contributed by atoms with Gasteiger partial charge in [0.2, 0.25) is 5.91 Å². The average molecular weight is 578 g/mol. The summed E-state index contributed by atoms with van der Waals surface area (Å²) in [5.74, 6) is -2.20. The lowest BCUT2D eigenvalue weighted by Gasteiger charge is -2.35. The predicted octanol–water partition coefficient (Wildman–Crippen LogP) is 5.98. The lowest BCUT2D eigenvalue weighted by Crippen LogP contribution is -2.39. The maximum Gasteiger partial charge on any atom is 0.275 e. The summed E-state index contributed by atoms with van der Waals surface area (Å²) in [5, 5.41) is 5.64. The van der Waals surface area contributed by atoms with Crippen LogP contribution in [0.25, 0.3) is 11.1 Å². The molecule has 0 bridgehead atoms. The Bertz CT molecular complexity index is 1700. The zero-order valence-electron chi connectivity index (χ0n) is 23.2. The van der Waals surface area contributed by atoms with E-state index in [0.29, 0.717) is 22.5 Å². The van der Waals surface area contributed by atoms with Crippen molar-refractivity contribution in [2.45, 2.75) is 37.3 Å². The van der Waals surface area contributed by atoms with Crippen LogP contribution in [0.2, 0.25) is 0 Å². The molecular weight excluding hydrogens is 548 g/mol. The molecule has 0 spiro atoms. The number of fused-ring (bicyclic) bond motifs is 1. The van der Waals surface area contributed by atoms with E-state index in [0.717, 1.165) is 18.9 Å². The molecule has 2 N–H and O–H groups in total. The molecule has 1 fully saturated rings. The Balaban J connectivity index is 1.42. The molecule has 1 unspecified atom stereocenters. The maximum absolute atomic E-state index is 15.7. The Hall–Kier alpha value is -5.07. The first-order chi connectivity index (χ1) is 20.9. The van der Waals surface area contributed by atoms with E-state index in [1.54, 1.807) is 89.8 Å². The summed E-state index contributed by atoms with van der Waals surface area (Å²) in [6.07, 6.45) is 5.43. The SMILES string of the molecule is O=C=C1C(c2ccccc2)=C(C(=O)Nc2ccccc2)C=CC1N1CCC(F)(F)C(=CC(=O)NC2CC2)c2ccccc21. The minimum Gasteiger partial charge on any atom is -0.359 e. The van der Waals surface area contributed by atoms with E-state index < -0.39 is 30.2 Å². The number of halogens is 2. The second-order valence-corrected chi connectivity index (χ2v) is 10.8. The highest BCUT2D eigenvalue weighted by Crippen LogP contribution is 2.45. The molecule has 6 nitrogen and oxygen atoms in total. The van der Waals surface area contributed by atoms with Crippen LogP contribution in [-0.4, -0.2) is 42.3 Å². The maximum atomic E-state index is 15.7. The highest BCUT2D eigenvalue weighted by Gasteiger charge is 2.43. The number of anilines is 2. The molecule has 6 rings (SSSR count). The zero-order chi connectivity index (χ0) is 30.0. The van der Waals surface area contributed by atoms with Crippen LogP contribution < -0.4 is 15.5 Å². The molecule has 8 heteroatoms. The smallest absolute Gasteiger partial charge is 0.275 e. The molecule has 1 atom stereocenters. The van der Waals surface area contributed by atoms with E-state index in [4.69, 9.17) is 0 Å². The lowest BCUT2D eigenvalue weighted by molar-refractivity contribution is -0.116. The number of carbonyl (C=O) groups excluding carboxylic acids is 3. The van der Waals surface area contributed by atoms with Crippen LogP contribution in [0, 0.1) is 0 Å². The standard InChI is InChI=1S/C35H29F2N3O3/c36-35(37)19-20-40(30-14-8-7-13-26(30)29(35)21-32(42)38-25-15-16-25)31-18-17-27(34(43)39-24-11-5-2-6-12-24)33(28(31)22-41)23-9-3-1-4-10-23/h1-14,17-18,21,25,31H,15-16,19-20H2,(H,38,42)(H,39,43). The number of benzene rings is 3. The van der Waals surface area contributed by atoms with E-state index in [-0.39, 0.29) is 34.9 Å². The molecule has 1 heterocycles. The van der Waals surface area contributed by atoms with Gasteiger partial charge in [-0.1, -0.05) is 78.9 Å². The van der Waals surface area contributed by atoms with Crippen LogP contribution in [0.4, 0.5) is 20.2 Å². The minimum atomic E-state index is -3.30. The van der Waals surface area contributed by atoms with Crippen molar-refractivity contribution >= 4 is 40.3 Å². The van der Waals surface area contributed by atoms with E-state index in [1.165, 1.54) is 0 Å². The van der Waals surface area contributed by atoms with Gasteiger partial charge in [0.1, 0.15) is 5.94 Å². The first-order valence-corrected chi connectivity index (χ1v) is 14.2. The molecule has 3 aliphatic rings. The van der Waals surface area contributed by atoms with Gasteiger partial charge in [0.05, 0.1) is 11.6 Å². The topological polar surface area (TPSA) is 78.5 Å². The van der Waals surface area contributed by atoms with Gasteiger partial charge in [-0.25, -0.2) is 13.6 Å². The summed E-state index contributed by atoms with van der Waals surface area (Å²) in [6, 6.07) is 23.9. The summed E-state index contributed by atoms with van der Waals surface area (Å²) in [6.45, 7) is -0.112. The molecule has 2 amide bonds. The molecule has 216 valence electrons. The van der Waals surface area contributed by atoms with Crippen LogP contribution in [0.5, 0.6) is 0 Å². The van der Waals surface area contributed by atoms with Crippen molar-refractivity contribution in [3.8, 4) is 0 Å². The van der Waals surface area contributed by atoms with Gasteiger partial charge in [-0.05, 0) is 36.6 Å². The second-order valence-electron chi connectivity index (χ2n) is 10.8. The largest absolute Gasteiger partial charge is 0.359 e. The van der Waals surface area contributed by atoms with Crippen molar-refractivity contribution in [3.63, 3.8) is 0 Å². The van der Waals surface area contributed by atoms with Crippen molar-refractivity contribution < 1.29 is 23.2 Å². The van der Waals surface area contributed by atoms with Crippen molar-refractivity contribution in [3.05, 3.63) is 125 Å². The Morgan fingerprint density at radius 2 is 1.60 bits per heavy atom. The monoisotopic (exact) mass is 577 g/mol. The van der Waals surface area contributed by atoms with E-state index >= 15 is 8.78 Å². The Morgan fingerprint density at radius 3 is 2.30 bits per heavy atom. The molecule has 3 aromatic rings. The number of nitrogens with zero attached hydrogens (tertiary/aromatic N) is 1. The first-order valence-electron chi connectivity index (χ1n) is 14.2. The lowest BCUT2D eigenvalue weighted by atomic mass is 9.84. The molecule has 2 aliphatic carbocycles. The normalized spacial score (nSPS) is 20.2. The Kier molecular flexibility index (Phi) is 7.61. The number of amides is 2. The fourth-order valence-electron chi connectivity index (χ4n) is 5.59. The fourth-order valence-corrected chi connectivity index (χ4v) is 5.59. The van der Waals surface area contributed by atoms with Gasteiger partial charge in [-0.2, -0.15) is 0 Å². The molecule has 43 heavy (non-hydrogen) atoms. The van der Waals surface area contributed by atoms with E-state index in [2.05, 4.69) is 16.6 Å². The van der Waals surface area contributed by atoms with Crippen LogP contribution in [0.15, 0.2) is 114 Å². The molecule has 1 aliphatic heterocycles.